The van der Waals surface area contributed by atoms with Crippen molar-refractivity contribution in [3.05, 3.63) is 76.4 Å². The van der Waals surface area contributed by atoms with E-state index in [1.54, 1.807) is 25.1 Å². The monoisotopic (exact) mass is 411 g/mol. The van der Waals surface area contributed by atoms with E-state index in [0.717, 1.165) is 16.8 Å². The molecule has 0 radical (unpaired) electrons. The smallest absolute Gasteiger partial charge is 0.227 e. The van der Waals surface area contributed by atoms with Crippen molar-refractivity contribution < 1.29 is 13.7 Å². The van der Waals surface area contributed by atoms with Crippen LogP contribution in [0.15, 0.2) is 53.1 Å². The van der Waals surface area contributed by atoms with Crippen molar-refractivity contribution in [2.24, 2.45) is 0 Å². The summed E-state index contributed by atoms with van der Waals surface area (Å²) < 4.78 is 19.1. The summed E-state index contributed by atoms with van der Waals surface area (Å²) in [6.07, 6.45) is 0. The molecule has 1 amide bonds. The van der Waals surface area contributed by atoms with E-state index in [-0.39, 0.29) is 18.3 Å². The third kappa shape index (κ3) is 3.76. The lowest BCUT2D eigenvalue weighted by Crippen LogP contribution is -2.27. The largest absolute Gasteiger partial charge is 0.359 e. The molecule has 1 unspecified atom stereocenters. The molecule has 0 saturated heterocycles. The number of carbonyl (C=O) groups is 1. The van der Waals surface area contributed by atoms with E-state index in [1.807, 2.05) is 25.1 Å². The first-order valence-corrected chi connectivity index (χ1v) is 9.57. The number of benzene rings is 2. The second kappa shape index (κ2) is 7.72. The van der Waals surface area contributed by atoms with Gasteiger partial charge in [0.25, 0.3) is 0 Å². The van der Waals surface area contributed by atoms with Crippen LogP contribution in [0, 0.1) is 12.7 Å². The van der Waals surface area contributed by atoms with Gasteiger partial charge in [0, 0.05) is 27.6 Å². The molecule has 5 nitrogen and oxygen atoms in total. The lowest BCUT2D eigenvalue weighted by atomic mass is 9.94. The van der Waals surface area contributed by atoms with Gasteiger partial charge in [-0.3, -0.25) is 4.79 Å². The van der Waals surface area contributed by atoms with Crippen molar-refractivity contribution >= 4 is 28.4 Å². The van der Waals surface area contributed by atoms with Crippen molar-refractivity contribution in [1.82, 2.24) is 15.5 Å². The molecule has 0 aliphatic heterocycles. The Balaban J connectivity index is 1.74. The first kappa shape index (κ1) is 19.2. The molecule has 4 rings (SSSR count). The SMILES string of the molecule is Cc1cc(CNC(=O)C(C)c2c(-c3ccccc3Cl)[nH]c3ccc(F)cc23)on1. The maximum absolute atomic E-state index is 14.0. The van der Waals surface area contributed by atoms with Gasteiger partial charge in [-0.1, -0.05) is 35.0 Å². The van der Waals surface area contributed by atoms with Crippen LogP contribution in [0.3, 0.4) is 0 Å². The second-order valence-corrected chi connectivity index (χ2v) is 7.36. The number of H-pyrrole nitrogens is 1. The summed E-state index contributed by atoms with van der Waals surface area (Å²) in [6, 6.07) is 13.6. The zero-order valence-corrected chi connectivity index (χ0v) is 16.7. The van der Waals surface area contributed by atoms with Crippen LogP contribution in [0.1, 0.15) is 29.9 Å². The third-order valence-electron chi connectivity index (χ3n) is 4.88. The fourth-order valence-corrected chi connectivity index (χ4v) is 3.70. The normalized spacial score (nSPS) is 12.3. The molecule has 148 valence electrons. The lowest BCUT2D eigenvalue weighted by molar-refractivity contribution is -0.122. The predicted molar refractivity (Wildman–Crippen MR) is 110 cm³/mol. The summed E-state index contributed by atoms with van der Waals surface area (Å²) in [5.74, 6) is -0.564. The van der Waals surface area contributed by atoms with Crippen molar-refractivity contribution in [2.75, 3.05) is 0 Å². The van der Waals surface area contributed by atoms with Gasteiger partial charge >= 0.3 is 0 Å². The molecule has 7 heteroatoms. The maximum atomic E-state index is 14.0. The van der Waals surface area contributed by atoms with E-state index in [2.05, 4.69) is 15.5 Å². The quantitative estimate of drug-likeness (QED) is 0.465. The summed E-state index contributed by atoms with van der Waals surface area (Å²) in [6.45, 7) is 3.82. The Labute approximate surface area is 171 Å². The van der Waals surface area contributed by atoms with E-state index in [0.29, 0.717) is 27.4 Å². The van der Waals surface area contributed by atoms with Gasteiger partial charge in [0.15, 0.2) is 5.76 Å². The van der Waals surface area contributed by atoms with Crippen molar-refractivity contribution in [1.29, 1.82) is 0 Å². The molecular weight excluding hydrogens is 393 g/mol. The predicted octanol–water partition coefficient (Wildman–Crippen LogP) is 5.34. The van der Waals surface area contributed by atoms with E-state index in [1.165, 1.54) is 12.1 Å². The zero-order valence-electron chi connectivity index (χ0n) is 15.9. The molecule has 4 aromatic rings. The standard InChI is InChI=1S/C22H19ClFN3O2/c1-12-9-15(29-27-12)11-25-22(28)13(2)20-17-10-14(24)7-8-19(17)26-21(20)16-5-3-4-6-18(16)23/h3-10,13,26H,11H2,1-2H3,(H,25,28). The van der Waals surface area contributed by atoms with Gasteiger partial charge in [0.1, 0.15) is 5.82 Å². The summed E-state index contributed by atoms with van der Waals surface area (Å²) in [5, 5.41) is 7.87. The van der Waals surface area contributed by atoms with E-state index < -0.39 is 5.92 Å². The Hall–Kier alpha value is -3.12. The average molecular weight is 412 g/mol. The zero-order chi connectivity index (χ0) is 20.5. The van der Waals surface area contributed by atoms with Crippen LogP contribution in [-0.2, 0) is 11.3 Å². The number of fused-ring (bicyclic) bond motifs is 1. The number of carbonyl (C=O) groups excluding carboxylic acids is 1. The lowest BCUT2D eigenvalue weighted by Gasteiger charge is -2.14. The highest BCUT2D eigenvalue weighted by atomic mass is 35.5. The molecule has 1 atom stereocenters. The molecule has 2 aromatic carbocycles. The number of halogens is 2. The number of hydrogen-bond donors (Lipinski definition) is 2. The number of nitrogens with one attached hydrogen (secondary N) is 2. The molecule has 0 bridgehead atoms. The van der Waals surface area contributed by atoms with Crippen LogP contribution >= 0.6 is 11.6 Å². The minimum atomic E-state index is -0.555. The topological polar surface area (TPSA) is 70.9 Å². The molecule has 0 aliphatic carbocycles. The van der Waals surface area contributed by atoms with Crippen molar-refractivity contribution in [2.45, 2.75) is 26.3 Å². The number of aromatic nitrogens is 2. The number of aryl methyl sites for hydroxylation is 1. The number of nitrogens with zero attached hydrogens (tertiary/aromatic N) is 1. The van der Waals surface area contributed by atoms with Crippen LogP contribution in [0.2, 0.25) is 5.02 Å². The van der Waals surface area contributed by atoms with Gasteiger partial charge in [-0.25, -0.2) is 4.39 Å². The van der Waals surface area contributed by atoms with Crippen molar-refractivity contribution in [3.8, 4) is 11.3 Å². The van der Waals surface area contributed by atoms with Gasteiger partial charge in [-0.15, -0.1) is 0 Å². The number of hydrogen-bond acceptors (Lipinski definition) is 3. The molecule has 2 heterocycles. The molecule has 0 spiro atoms. The fraction of sp³-hybridized carbons (Fsp3) is 0.182. The first-order chi connectivity index (χ1) is 13.9. The molecule has 2 N–H and O–H groups in total. The summed E-state index contributed by atoms with van der Waals surface area (Å²) in [7, 11) is 0. The third-order valence-corrected chi connectivity index (χ3v) is 5.21. The van der Waals surface area contributed by atoms with Crippen LogP contribution in [0.25, 0.3) is 22.2 Å². The second-order valence-electron chi connectivity index (χ2n) is 6.96. The van der Waals surface area contributed by atoms with Crippen molar-refractivity contribution in [3.63, 3.8) is 0 Å². The Morgan fingerprint density at radius 2 is 2.07 bits per heavy atom. The summed E-state index contributed by atoms with van der Waals surface area (Å²) >= 11 is 6.40. The number of amides is 1. The average Bonchev–Trinajstić information content (AvgIpc) is 3.28. The highest BCUT2D eigenvalue weighted by Crippen LogP contribution is 2.38. The maximum Gasteiger partial charge on any atom is 0.227 e. The van der Waals surface area contributed by atoms with E-state index in [4.69, 9.17) is 16.1 Å². The molecular formula is C22H19ClFN3O2. The van der Waals surface area contributed by atoms with Gasteiger partial charge < -0.3 is 14.8 Å². The summed E-state index contributed by atoms with van der Waals surface area (Å²) in [5.41, 5.74) is 3.64. The van der Waals surface area contributed by atoms with Crippen LogP contribution in [0.4, 0.5) is 4.39 Å². The number of aromatic amines is 1. The Morgan fingerprint density at radius 1 is 1.28 bits per heavy atom. The minimum Gasteiger partial charge on any atom is -0.359 e. The molecule has 0 aliphatic rings. The Morgan fingerprint density at radius 3 is 2.79 bits per heavy atom. The molecule has 29 heavy (non-hydrogen) atoms. The highest BCUT2D eigenvalue weighted by Gasteiger charge is 2.25. The summed E-state index contributed by atoms with van der Waals surface area (Å²) in [4.78, 5) is 16.2. The van der Waals surface area contributed by atoms with Crippen LogP contribution in [-0.4, -0.2) is 16.0 Å². The fourth-order valence-electron chi connectivity index (χ4n) is 3.47. The van der Waals surface area contributed by atoms with Crippen LogP contribution < -0.4 is 5.32 Å². The van der Waals surface area contributed by atoms with Crippen LogP contribution in [0.5, 0.6) is 0 Å². The highest BCUT2D eigenvalue weighted by molar-refractivity contribution is 6.33. The number of rotatable bonds is 5. The van der Waals surface area contributed by atoms with E-state index in [9.17, 15) is 9.18 Å². The van der Waals surface area contributed by atoms with Gasteiger partial charge in [-0.05, 0) is 43.7 Å². The van der Waals surface area contributed by atoms with E-state index >= 15 is 0 Å². The molecule has 0 fully saturated rings. The Bertz CT molecular complexity index is 1200. The van der Waals surface area contributed by atoms with Gasteiger partial charge in [0.2, 0.25) is 5.91 Å². The first-order valence-electron chi connectivity index (χ1n) is 9.20. The molecule has 2 aromatic heterocycles. The minimum absolute atomic E-state index is 0.211. The molecule has 0 saturated carbocycles. The van der Waals surface area contributed by atoms with Gasteiger partial charge in [-0.2, -0.15) is 0 Å². The Kier molecular flexibility index (Phi) is 5.11. The van der Waals surface area contributed by atoms with Gasteiger partial charge in [0.05, 0.1) is 23.9 Å².